The van der Waals surface area contributed by atoms with Gasteiger partial charge in [-0.05, 0) is 24.7 Å². The third-order valence-electron chi connectivity index (χ3n) is 2.89. The maximum atomic E-state index is 6.04. The van der Waals surface area contributed by atoms with Crippen LogP contribution in [0.3, 0.4) is 0 Å². The summed E-state index contributed by atoms with van der Waals surface area (Å²) in [6, 6.07) is 7.41. The molecule has 0 fully saturated rings. The molecule has 1 heterocycles. The van der Waals surface area contributed by atoms with Gasteiger partial charge >= 0.3 is 0 Å². The highest BCUT2D eigenvalue weighted by molar-refractivity contribution is 6.30. The third-order valence-corrected chi connectivity index (χ3v) is 3.13. The molecule has 5 nitrogen and oxygen atoms in total. The molecule has 0 spiro atoms. The molecule has 0 amide bonds. The molecule has 0 aliphatic carbocycles. The second-order valence-corrected chi connectivity index (χ2v) is 4.52. The number of benzene rings is 1. The quantitative estimate of drug-likeness (QED) is 0.918. The molecular formula is C14H16ClN3O2. The summed E-state index contributed by atoms with van der Waals surface area (Å²) in [6.07, 6.45) is 1.56. The molecule has 1 aromatic heterocycles. The van der Waals surface area contributed by atoms with Crippen LogP contribution in [0.15, 0.2) is 30.5 Å². The molecule has 20 heavy (non-hydrogen) atoms. The molecule has 2 aromatic rings. The Morgan fingerprint density at radius 2 is 2.05 bits per heavy atom. The van der Waals surface area contributed by atoms with Crippen LogP contribution in [0.1, 0.15) is 17.3 Å². The Balaban J connectivity index is 2.46. The van der Waals surface area contributed by atoms with Crippen molar-refractivity contribution < 1.29 is 9.47 Å². The first kappa shape index (κ1) is 14.6. The van der Waals surface area contributed by atoms with Gasteiger partial charge in [0.05, 0.1) is 26.5 Å². The van der Waals surface area contributed by atoms with Gasteiger partial charge < -0.3 is 14.8 Å². The summed E-state index contributed by atoms with van der Waals surface area (Å²) >= 11 is 6.04. The zero-order valence-electron chi connectivity index (χ0n) is 11.6. The Hall–Kier alpha value is -1.85. The van der Waals surface area contributed by atoms with E-state index in [1.165, 1.54) is 7.11 Å². The maximum Gasteiger partial charge on any atom is 0.240 e. The van der Waals surface area contributed by atoms with E-state index in [9.17, 15) is 0 Å². The third kappa shape index (κ3) is 3.00. The summed E-state index contributed by atoms with van der Waals surface area (Å²) in [5.74, 6) is 0.829. The lowest BCUT2D eigenvalue weighted by Crippen LogP contribution is -2.20. The monoisotopic (exact) mass is 293 g/mol. The zero-order chi connectivity index (χ0) is 14.5. The molecule has 0 radical (unpaired) electrons. The first-order chi connectivity index (χ1) is 9.69. The van der Waals surface area contributed by atoms with Gasteiger partial charge in [0.25, 0.3) is 0 Å². The predicted molar refractivity (Wildman–Crippen MR) is 77.5 cm³/mol. The normalized spacial score (nSPS) is 12.0. The first-order valence-corrected chi connectivity index (χ1v) is 6.45. The SMILES string of the molecule is CNC(c1cccc(Cl)c1)c1ncc(OC)nc1OC. The Bertz CT molecular complexity index is 592. The summed E-state index contributed by atoms with van der Waals surface area (Å²) in [4.78, 5) is 8.63. The van der Waals surface area contributed by atoms with E-state index < -0.39 is 0 Å². The Morgan fingerprint density at radius 3 is 2.65 bits per heavy atom. The van der Waals surface area contributed by atoms with Crippen molar-refractivity contribution in [3.63, 3.8) is 0 Å². The highest BCUT2D eigenvalue weighted by Gasteiger charge is 2.20. The second-order valence-electron chi connectivity index (χ2n) is 4.08. The van der Waals surface area contributed by atoms with Crippen LogP contribution < -0.4 is 14.8 Å². The van der Waals surface area contributed by atoms with E-state index in [-0.39, 0.29) is 6.04 Å². The summed E-state index contributed by atoms with van der Waals surface area (Å²) in [5, 5.41) is 3.86. The van der Waals surface area contributed by atoms with Crippen LogP contribution in [0.2, 0.25) is 5.02 Å². The fourth-order valence-electron chi connectivity index (χ4n) is 1.96. The van der Waals surface area contributed by atoms with Crippen LogP contribution >= 0.6 is 11.6 Å². The lowest BCUT2D eigenvalue weighted by atomic mass is 10.0. The van der Waals surface area contributed by atoms with Crippen molar-refractivity contribution in [2.45, 2.75) is 6.04 Å². The second kappa shape index (κ2) is 6.54. The average Bonchev–Trinajstić information content (AvgIpc) is 2.48. The fraction of sp³-hybridized carbons (Fsp3) is 0.286. The van der Waals surface area contributed by atoms with Gasteiger partial charge in [0.2, 0.25) is 11.8 Å². The van der Waals surface area contributed by atoms with E-state index in [0.717, 1.165) is 5.56 Å². The van der Waals surface area contributed by atoms with Gasteiger partial charge in [0, 0.05) is 5.02 Å². The van der Waals surface area contributed by atoms with Crippen molar-refractivity contribution >= 4 is 11.6 Å². The topological polar surface area (TPSA) is 56.3 Å². The molecule has 1 atom stereocenters. The van der Waals surface area contributed by atoms with Crippen LogP contribution in [-0.4, -0.2) is 31.2 Å². The number of nitrogens with zero attached hydrogens (tertiary/aromatic N) is 2. The summed E-state index contributed by atoms with van der Waals surface area (Å²) in [6.45, 7) is 0. The molecule has 1 N–H and O–H groups in total. The van der Waals surface area contributed by atoms with Crippen LogP contribution in [0.4, 0.5) is 0 Å². The summed E-state index contributed by atoms with van der Waals surface area (Å²) in [5.41, 5.74) is 1.66. The van der Waals surface area contributed by atoms with Crippen LogP contribution in [0.5, 0.6) is 11.8 Å². The number of hydrogen-bond donors (Lipinski definition) is 1. The molecule has 106 valence electrons. The van der Waals surface area contributed by atoms with Gasteiger partial charge in [-0.25, -0.2) is 4.98 Å². The molecule has 0 aliphatic rings. The minimum Gasteiger partial charge on any atom is -0.480 e. The van der Waals surface area contributed by atoms with Crippen molar-refractivity contribution in [1.82, 2.24) is 15.3 Å². The number of rotatable bonds is 5. The Labute approximate surface area is 122 Å². The van der Waals surface area contributed by atoms with Crippen molar-refractivity contribution in [2.24, 2.45) is 0 Å². The van der Waals surface area contributed by atoms with Crippen molar-refractivity contribution in [3.8, 4) is 11.8 Å². The van der Waals surface area contributed by atoms with Gasteiger partial charge in [0.1, 0.15) is 5.69 Å². The van der Waals surface area contributed by atoms with E-state index in [1.54, 1.807) is 13.3 Å². The molecule has 1 unspecified atom stereocenters. The average molecular weight is 294 g/mol. The smallest absolute Gasteiger partial charge is 0.240 e. The summed E-state index contributed by atoms with van der Waals surface area (Å²) in [7, 11) is 4.93. The first-order valence-electron chi connectivity index (χ1n) is 6.07. The van der Waals surface area contributed by atoms with E-state index >= 15 is 0 Å². The molecule has 0 saturated heterocycles. The van der Waals surface area contributed by atoms with Crippen LogP contribution in [0, 0.1) is 0 Å². The Kier molecular flexibility index (Phi) is 4.76. The molecule has 6 heteroatoms. The lowest BCUT2D eigenvalue weighted by Gasteiger charge is -2.18. The van der Waals surface area contributed by atoms with Gasteiger partial charge in [-0.1, -0.05) is 23.7 Å². The predicted octanol–water partition coefficient (Wildman–Crippen LogP) is 2.46. The van der Waals surface area contributed by atoms with Crippen LogP contribution in [-0.2, 0) is 0 Å². The summed E-state index contributed by atoms with van der Waals surface area (Å²) < 4.78 is 10.4. The molecule has 0 aliphatic heterocycles. The lowest BCUT2D eigenvalue weighted by molar-refractivity contribution is 0.353. The number of aromatic nitrogens is 2. The fourth-order valence-corrected chi connectivity index (χ4v) is 2.16. The maximum absolute atomic E-state index is 6.04. The van der Waals surface area contributed by atoms with Crippen molar-refractivity contribution in [3.05, 3.63) is 46.7 Å². The minimum absolute atomic E-state index is 0.165. The standard InChI is InChI=1S/C14H16ClN3O2/c1-16-12(9-5-4-6-10(15)7-9)13-14(20-3)18-11(19-2)8-17-13/h4-8,12,16H,1-3H3. The number of methoxy groups -OCH3 is 2. The molecule has 1 aromatic carbocycles. The van der Waals surface area contributed by atoms with Gasteiger partial charge in [-0.2, -0.15) is 4.98 Å². The van der Waals surface area contributed by atoms with Crippen molar-refractivity contribution in [2.75, 3.05) is 21.3 Å². The number of ether oxygens (including phenoxy) is 2. The van der Waals surface area contributed by atoms with Crippen LogP contribution in [0.25, 0.3) is 0 Å². The van der Waals surface area contributed by atoms with Gasteiger partial charge in [0.15, 0.2) is 0 Å². The minimum atomic E-state index is -0.165. The molecule has 2 rings (SSSR count). The van der Waals surface area contributed by atoms with Gasteiger partial charge in [-0.3, -0.25) is 0 Å². The zero-order valence-corrected chi connectivity index (χ0v) is 12.3. The molecular weight excluding hydrogens is 278 g/mol. The number of halogens is 1. The molecule has 0 saturated carbocycles. The van der Waals surface area contributed by atoms with Gasteiger partial charge in [-0.15, -0.1) is 0 Å². The van der Waals surface area contributed by atoms with E-state index in [0.29, 0.717) is 22.5 Å². The highest BCUT2D eigenvalue weighted by Crippen LogP contribution is 2.29. The number of nitrogens with one attached hydrogen (secondary N) is 1. The Morgan fingerprint density at radius 1 is 1.25 bits per heavy atom. The number of hydrogen-bond acceptors (Lipinski definition) is 5. The largest absolute Gasteiger partial charge is 0.480 e. The highest BCUT2D eigenvalue weighted by atomic mass is 35.5. The van der Waals surface area contributed by atoms with E-state index in [4.69, 9.17) is 21.1 Å². The van der Waals surface area contributed by atoms with E-state index in [1.807, 2.05) is 31.3 Å². The van der Waals surface area contributed by atoms with E-state index in [2.05, 4.69) is 15.3 Å². The van der Waals surface area contributed by atoms with Crippen molar-refractivity contribution in [1.29, 1.82) is 0 Å². The molecule has 0 bridgehead atoms.